The zero-order valence-corrected chi connectivity index (χ0v) is 9.13. The Morgan fingerprint density at radius 2 is 2.36 bits per heavy atom. The first-order chi connectivity index (χ1) is 6.42. The van der Waals surface area contributed by atoms with Gasteiger partial charge in [-0.25, -0.2) is 0 Å². The standard InChI is InChI=1S/C10H20N2O2/c1-7(13)10(2,3)11-6-8-4-5-9(14)12-8/h7-8,11,13H,4-6H2,1-3H3,(H,12,14). The number of nitrogens with one attached hydrogen (secondary N) is 2. The Balaban J connectivity index is 2.30. The summed E-state index contributed by atoms with van der Waals surface area (Å²) in [6.45, 7) is 6.40. The van der Waals surface area contributed by atoms with Crippen LogP contribution in [0.4, 0.5) is 0 Å². The van der Waals surface area contributed by atoms with Crippen LogP contribution in [-0.2, 0) is 4.79 Å². The summed E-state index contributed by atoms with van der Waals surface area (Å²) in [5, 5.41) is 15.6. The molecular weight excluding hydrogens is 180 g/mol. The number of amides is 1. The van der Waals surface area contributed by atoms with Gasteiger partial charge in [0.1, 0.15) is 0 Å². The van der Waals surface area contributed by atoms with Crippen LogP contribution in [0.15, 0.2) is 0 Å². The molecular formula is C10H20N2O2. The summed E-state index contributed by atoms with van der Waals surface area (Å²) in [7, 11) is 0. The second kappa shape index (κ2) is 4.28. The van der Waals surface area contributed by atoms with Crippen LogP contribution in [0.5, 0.6) is 0 Å². The molecule has 2 unspecified atom stereocenters. The van der Waals surface area contributed by atoms with E-state index in [4.69, 9.17) is 0 Å². The summed E-state index contributed by atoms with van der Waals surface area (Å²) in [5.74, 6) is 0.131. The molecule has 1 aliphatic heterocycles. The largest absolute Gasteiger partial charge is 0.392 e. The van der Waals surface area contributed by atoms with Crippen LogP contribution in [0.1, 0.15) is 33.6 Å². The average molecular weight is 200 g/mol. The lowest BCUT2D eigenvalue weighted by molar-refractivity contribution is -0.119. The van der Waals surface area contributed by atoms with Crippen LogP contribution in [0.3, 0.4) is 0 Å². The van der Waals surface area contributed by atoms with Crippen molar-refractivity contribution < 1.29 is 9.90 Å². The summed E-state index contributed by atoms with van der Waals surface area (Å²) < 4.78 is 0. The quantitative estimate of drug-likeness (QED) is 0.599. The number of hydrogen-bond acceptors (Lipinski definition) is 3. The van der Waals surface area contributed by atoms with E-state index >= 15 is 0 Å². The highest BCUT2D eigenvalue weighted by Gasteiger charge is 2.26. The van der Waals surface area contributed by atoms with E-state index in [2.05, 4.69) is 10.6 Å². The highest BCUT2D eigenvalue weighted by molar-refractivity contribution is 5.78. The maximum absolute atomic E-state index is 10.9. The van der Waals surface area contributed by atoms with E-state index in [1.165, 1.54) is 0 Å². The van der Waals surface area contributed by atoms with Crippen molar-refractivity contribution >= 4 is 5.91 Å². The third-order valence-corrected chi connectivity index (χ3v) is 2.93. The van der Waals surface area contributed by atoms with Crippen LogP contribution >= 0.6 is 0 Å². The van der Waals surface area contributed by atoms with Crippen molar-refractivity contribution in [2.24, 2.45) is 0 Å². The predicted molar refractivity (Wildman–Crippen MR) is 54.9 cm³/mol. The topological polar surface area (TPSA) is 61.4 Å². The van der Waals surface area contributed by atoms with Crippen LogP contribution in [-0.4, -0.2) is 35.2 Å². The highest BCUT2D eigenvalue weighted by Crippen LogP contribution is 2.10. The molecule has 0 saturated carbocycles. The first-order valence-electron chi connectivity index (χ1n) is 5.14. The van der Waals surface area contributed by atoms with Crippen molar-refractivity contribution in [1.82, 2.24) is 10.6 Å². The number of aliphatic hydroxyl groups is 1. The van der Waals surface area contributed by atoms with Gasteiger partial charge in [-0.3, -0.25) is 4.79 Å². The number of hydrogen-bond donors (Lipinski definition) is 3. The van der Waals surface area contributed by atoms with E-state index in [0.717, 1.165) is 13.0 Å². The molecule has 2 atom stereocenters. The molecule has 0 aromatic rings. The Hall–Kier alpha value is -0.610. The molecule has 1 fully saturated rings. The second-order valence-electron chi connectivity index (χ2n) is 4.58. The molecule has 82 valence electrons. The molecule has 0 aromatic heterocycles. The van der Waals surface area contributed by atoms with Gasteiger partial charge in [0.15, 0.2) is 0 Å². The Kier molecular flexibility index (Phi) is 3.50. The van der Waals surface area contributed by atoms with Crippen LogP contribution in [0, 0.1) is 0 Å². The lowest BCUT2D eigenvalue weighted by Gasteiger charge is -2.30. The lowest BCUT2D eigenvalue weighted by atomic mass is 9.98. The van der Waals surface area contributed by atoms with Gasteiger partial charge in [-0.05, 0) is 27.2 Å². The first-order valence-corrected chi connectivity index (χ1v) is 5.14. The molecule has 1 saturated heterocycles. The predicted octanol–water partition coefficient (Wildman–Crippen LogP) is 0.0140. The molecule has 0 spiro atoms. The number of carbonyl (C=O) groups excluding carboxylic acids is 1. The van der Waals surface area contributed by atoms with Gasteiger partial charge in [0.2, 0.25) is 5.91 Å². The van der Waals surface area contributed by atoms with Gasteiger partial charge in [0.25, 0.3) is 0 Å². The van der Waals surface area contributed by atoms with Gasteiger partial charge in [0, 0.05) is 24.5 Å². The van der Waals surface area contributed by atoms with E-state index < -0.39 is 6.10 Å². The molecule has 3 N–H and O–H groups in total. The van der Waals surface area contributed by atoms with Crippen molar-refractivity contribution in [3.8, 4) is 0 Å². The Morgan fingerprint density at radius 1 is 1.71 bits per heavy atom. The average Bonchev–Trinajstić information content (AvgIpc) is 2.48. The third kappa shape index (κ3) is 2.96. The maximum atomic E-state index is 10.9. The van der Waals surface area contributed by atoms with E-state index in [0.29, 0.717) is 6.42 Å². The number of rotatable bonds is 4. The maximum Gasteiger partial charge on any atom is 0.220 e. The summed E-state index contributed by atoms with van der Waals surface area (Å²) >= 11 is 0. The fourth-order valence-electron chi connectivity index (χ4n) is 1.36. The molecule has 0 aliphatic carbocycles. The van der Waals surface area contributed by atoms with Crippen LogP contribution < -0.4 is 10.6 Å². The van der Waals surface area contributed by atoms with Gasteiger partial charge < -0.3 is 15.7 Å². The van der Waals surface area contributed by atoms with Crippen molar-refractivity contribution in [2.45, 2.75) is 51.3 Å². The summed E-state index contributed by atoms with van der Waals surface area (Å²) in [6.07, 6.45) is 1.11. The molecule has 0 radical (unpaired) electrons. The molecule has 1 amide bonds. The monoisotopic (exact) mass is 200 g/mol. The van der Waals surface area contributed by atoms with Crippen LogP contribution in [0.2, 0.25) is 0 Å². The zero-order chi connectivity index (χ0) is 10.8. The van der Waals surface area contributed by atoms with Gasteiger partial charge in [-0.15, -0.1) is 0 Å². The minimum Gasteiger partial charge on any atom is -0.392 e. The first kappa shape index (κ1) is 11.5. The Morgan fingerprint density at radius 3 is 2.79 bits per heavy atom. The number of aliphatic hydroxyl groups excluding tert-OH is 1. The normalized spacial score (nSPS) is 24.9. The van der Waals surface area contributed by atoms with E-state index in [9.17, 15) is 9.90 Å². The third-order valence-electron chi connectivity index (χ3n) is 2.93. The molecule has 4 heteroatoms. The molecule has 14 heavy (non-hydrogen) atoms. The lowest BCUT2D eigenvalue weighted by Crippen LogP contribution is -2.52. The Labute approximate surface area is 85.1 Å². The molecule has 0 aromatic carbocycles. The molecule has 1 rings (SSSR count). The van der Waals surface area contributed by atoms with Gasteiger partial charge in [0.05, 0.1) is 6.10 Å². The summed E-state index contributed by atoms with van der Waals surface area (Å²) in [6, 6.07) is 0.223. The molecule has 4 nitrogen and oxygen atoms in total. The van der Waals surface area contributed by atoms with Crippen LogP contribution in [0.25, 0.3) is 0 Å². The minimum absolute atomic E-state index is 0.131. The number of carbonyl (C=O) groups is 1. The van der Waals surface area contributed by atoms with Gasteiger partial charge in [-0.1, -0.05) is 0 Å². The molecule has 1 aliphatic rings. The second-order valence-corrected chi connectivity index (χ2v) is 4.58. The Bertz CT molecular complexity index is 214. The fraction of sp³-hybridized carbons (Fsp3) is 0.900. The summed E-state index contributed by atoms with van der Waals surface area (Å²) in [5.41, 5.74) is -0.298. The van der Waals surface area contributed by atoms with Crippen molar-refractivity contribution in [3.63, 3.8) is 0 Å². The van der Waals surface area contributed by atoms with Gasteiger partial charge >= 0.3 is 0 Å². The van der Waals surface area contributed by atoms with E-state index in [1.807, 2.05) is 13.8 Å². The minimum atomic E-state index is -0.403. The molecule has 1 heterocycles. The summed E-state index contributed by atoms with van der Waals surface area (Å²) in [4.78, 5) is 10.9. The van der Waals surface area contributed by atoms with Crippen molar-refractivity contribution in [1.29, 1.82) is 0 Å². The smallest absolute Gasteiger partial charge is 0.220 e. The molecule has 0 bridgehead atoms. The highest BCUT2D eigenvalue weighted by atomic mass is 16.3. The van der Waals surface area contributed by atoms with E-state index in [-0.39, 0.29) is 17.5 Å². The fourth-order valence-corrected chi connectivity index (χ4v) is 1.36. The van der Waals surface area contributed by atoms with E-state index in [1.54, 1.807) is 6.92 Å². The van der Waals surface area contributed by atoms with Crippen molar-refractivity contribution in [3.05, 3.63) is 0 Å². The van der Waals surface area contributed by atoms with Gasteiger partial charge in [-0.2, -0.15) is 0 Å². The van der Waals surface area contributed by atoms with Crippen molar-refractivity contribution in [2.75, 3.05) is 6.54 Å². The SMILES string of the molecule is CC(O)C(C)(C)NCC1CCC(=O)N1. The zero-order valence-electron chi connectivity index (χ0n) is 9.13.